The van der Waals surface area contributed by atoms with Crippen molar-refractivity contribution in [3.8, 4) is 0 Å². The van der Waals surface area contributed by atoms with Crippen molar-refractivity contribution in [2.24, 2.45) is 0 Å². The third-order valence-corrected chi connectivity index (χ3v) is 4.86. The smallest absolute Gasteiger partial charge is 0.162 e. The van der Waals surface area contributed by atoms with E-state index in [1.807, 2.05) is 0 Å². The van der Waals surface area contributed by atoms with Gasteiger partial charge in [0.25, 0.3) is 0 Å². The van der Waals surface area contributed by atoms with Crippen LogP contribution in [0.25, 0.3) is 0 Å². The molecule has 0 saturated carbocycles. The molecule has 2 aliphatic rings. The number of ketones is 1. The molecule has 100 valence electrons. The van der Waals surface area contributed by atoms with Crippen LogP contribution >= 0.6 is 15.9 Å². The molecule has 0 spiro atoms. The van der Waals surface area contributed by atoms with Gasteiger partial charge >= 0.3 is 0 Å². The van der Waals surface area contributed by atoms with Crippen LogP contribution in [0.4, 0.5) is 0 Å². The molecule has 0 radical (unpaired) electrons. The van der Waals surface area contributed by atoms with Gasteiger partial charge in [-0.2, -0.15) is 0 Å². The highest BCUT2D eigenvalue weighted by Crippen LogP contribution is 2.33. The molecule has 0 atom stereocenters. The van der Waals surface area contributed by atoms with Crippen molar-refractivity contribution in [2.45, 2.75) is 64.2 Å². The molecular weight excluding hydrogens is 292 g/mol. The Balaban J connectivity index is 2.15. The molecule has 2 rings (SSSR count). The highest BCUT2D eigenvalue weighted by molar-refractivity contribution is 9.11. The van der Waals surface area contributed by atoms with Crippen LogP contribution in [-0.4, -0.2) is 10.9 Å². The third kappa shape index (κ3) is 3.47. The van der Waals surface area contributed by atoms with Crippen molar-refractivity contribution in [3.63, 3.8) is 0 Å². The average molecular weight is 313 g/mol. The summed E-state index contributed by atoms with van der Waals surface area (Å²) in [6.07, 6.45) is 9.88. The Morgan fingerprint density at radius 1 is 0.944 bits per heavy atom. The molecule has 0 amide bonds. The molecule has 0 fully saturated rings. The quantitative estimate of drug-likeness (QED) is 0.783. The highest BCUT2D eigenvalue weighted by atomic mass is 79.9. The van der Waals surface area contributed by atoms with Gasteiger partial charge in [0, 0.05) is 24.8 Å². The number of Topliss-reactive ketones (excluding diaryl/α,β-unsaturated/α-hetero) is 1. The van der Waals surface area contributed by atoms with Crippen molar-refractivity contribution < 1.29 is 9.90 Å². The fraction of sp³-hybridized carbons (Fsp3) is 0.667. The molecule has 18 heavy (non-hydrogen) atoms. The number of aliphatic hydroxyl groups is 1. The standard InChI is InChI=1S/C15H21BrO2/c16-13-7-4-2-1-3-6-11(13)10-12-14(17)8-5-9-15(12)18/h17H,1-10H2/b13-11-. The molecule has 0 aliphatic heterocycles. The maximum Gasteiger partial charge on any atom is 0.162 e. The summed E-state index contributed by atoms with van der Waals surface area (Å²) in [5.74, 6) is 0.481. The van der Waals surface area contributed by atoms with Crippen molar-refractivity contribution >= 4 is 21.7 Å². The van der Waals surface area contributed by atoms with Gasteiger partial charge in [0.2, 0.25) is 0 Å². The first kappa shape index (κ1) is 13.9. The molecule has 0 aromatic carbocycles. The predicted molar refractivity (Wildman–Crippen MR) is 76.8 cm³/mol. The van der Waals surface area contributed by atoms with Crippen LogP contribution in [0, 0.1) is 0 Å². The van der Waals surface area contributed by atoms with Gasteiger partial charge in [-0.15, -0.1) is 0 Å². The van der Waals surface area contributed by atoms with E-state index < -0.39 is 0 Å². The normalized spacial score (nSPS) is 27.1. The molecule has 0 aromatic rings. The van der Waals surface area contributed by atoms with Gasteiger partial charge < -0.3 is 5.11 Å². The second-order valence-electron chi connectivity index (χ2n) is 5.30. The molecule has 0 saturated heterocycles. The first-order valence-corrected chi connectivity index (χ1v) is 7.78. The lowest BCUT2D eigenvalue weighted by atomic mass is 9.88. The van der Waals surface area contributed by atoms with E-state index in [9.17, 15) is 9.90 Å². The molecule has 1 N–H and O–H groups in total. The van der Waals surface area contributed by atoms with Crippen LogP contribution in [0.2, 0.25) is 0 Å². The number of aliphatic hydroxyl groups excluding tert-OH is 1. The van der Waals surface area contributed by atoms with E-state index in [1.165, 1.54) is 35.7 Å². The molecule has 2 nitrogen and oxygen atoms in total. The molecule has 0 bridgehead atoms. The van der Waals surface area contributed by atoms with E-state index >= 15 is 0 Å². The van der Waals surface area contributed by atoms with Crippen LogP contribution in [-0.2, 0) is 4.79 Å². The summed E-state index contributed by atoms with van der Waals surface area (Å²) in [5, 5.41) is 9.90. The van der Waals surface area contributed by atoms with Gasteiger partial charge in [-0.25, -0.2) is 0 Å². The zero-order valence-electron chi connectivity index (χ0n) is 10.8. The van der Waals surface area contributed by atoms with Crippen LogP contribution in [0.15, 0.2) is 21.4 Å². The lowest BCUT2D eigenvalue weighted by Crippen LogP contribution is -2.13. The Morgan fingerprint density at radius 3 is 2.39 bits per heavy atom. The van der Waals surface area contributed by atoms with Gasteiger partial charge in [-0.1, -0.05) is 34.3 Å². The zero-order valence-corrected chi connectivity index (χ0v) is 12.4. The molecule has 3 heteroatoms. The Bertz CT molecular complexity index is 393. The fourth-order valence-corrected chi connectivity index (χ4v) is 3.38. The topological polar surface area (TPSA) is 37.3 Å². The van der Waals surface area contributed by atoms with Crippen molar-refractivity contribution in [3.05, 3.63) is 21.4 Å². The van der Waals surface area contributed by atoms with Crippen molar-refractivity contribution in [2.75, 3.05) is 0 Å². The van der Waals surface area contributed by atoms with E-state index in [4.69, 9.17) is 0 Å². The predicted octanol–water partition coefficient (Wildman–Crippen LogP) is 4.94. The van der Waals surface area contributed by atoms with E-state index in [1.54, 1.807) is 0 Å². The molecule has 0 unspecified atom stereocenters. The number of hydrogen-bond acceptors (Lipinski definition) is 2. The summed E-state index contributed by atoms with van der Waals surface area (Å²) >= 11 is 3.67. The lowest BCUT2D eigenvalue weighted by molar-refractivity contribution is -0.116. The van der Waals surface area contributed by atoms with Gasteiger partial charge in [-0.05, 0) is 36.6 Å². The zero-order chi connectivity index (χ0) is 13.0. The number of rotatable bonds is 2. The van der Waals surface area contributed by atoms with Gasteiger partial charge in [0.05, 0.1) is 5.76 Å². The minimum Gasteiger partial charge on any atom is -0.512 e. The molecular formula is C15H21BrO2. The van der Waals surface area contributed by atoms with E-state index in [2.05, 4.69) is 15.9 Å². The van der Waals surface area contributed by atoms with Crippen LogP contribution in [0.5, 0.6) is 0 Å². The van der Waals surface area contributed by atoms with Crippen LogP contribution < -0.4 is 0 Å². The van der Waals surface area contributed by atoms with E-state index in [0.29, 0.717) is 30.6 Å². The Kier molecular flexibility index (Phi) is 5.04. The Morgan fingerprint density at radius 2 is 1.67 bits per heavy atom. The first-order chi connectivity index (χ1) is 8.68. The van der Waals surface area contributed by atoms with Crippen LogP contribution in [0.3, 0.4) is 0 Å². The Labute approximate surface area is 117 Å². The summed E-state index contributed by atoms with van der Waals surface area (Å²) in [5.41, 5.74) is 2.00. The Hall–Kier alpha value is -0.570. The second kappa shape index (κ2) is 6.55. The van der Waals surface area contributed by atoms with Crippen LogP contribution in [0.1, 0.15) is 64.2 Å². The summed E-state index contributed by atoms with van der Waals surface area (Å²) in [6.45, 7) is 0. The van der Waals surface area contributed by atoms with Gasteiger partial charge in [0.1, 0.15) is 0 Å². The number of hydrogen-bond donors (Lipinski definition) is 1. The first-order valence-electron chi connectivity index (χ1n) is 6.99. The lowest BCUT2D eigenvalue weighted by Gasteiger charge is -2.19. The van der Waals surface area contributed by atoms with Gasteiger partial charge in [0.15, 0.2) is 5.78 Å². The summed E-state index contributed by atoms with van der Waals surface area (Å²) in [6, 6.07) is 0. The maximum absolute atomic E-state index is 11.9. The number of halogens is 1. The molecule has 2 aliphatic carbocycles. The van der Waals surface area contributed by atoms with E-state index in [0.717, 1.165) is 19.3 Å². The highest BCUT2D eigenvalue weighted by Gasteiger charge is 2.22. The average Bonchev–Trinajstić information content (AvgIpc) is 2.32. The van der Waals surface area contributed by atoms with Crippen molar-refractivity contribution in [1.29, 1.82) is 0 Å². The maximum atomic E-state index is 11.9. The van der Waals surface area contributed by atoms with Crippen molar-refractivity contribution in [1.82, 2.24) is 0 Å². The fourth-order valence-electron chi connectivity index (χ4n) is 2.76. The number of allylic oxidation sites excluding steroid dienone is 4. The monoisotopic (exact) mass is 312 g/mol. The third-order valence-electron chi connectivity index (χ3n) is 3.90. The van der Waals surface area contributed by atoms with Gasteiger partial charge in [-0.3, -0.25) is 4.79 Å². The largest absolute Gasteiger partial charge is 0.512 e. The number of carbonyl (C=O) groups excluding carboxylic acids is 1. The number of carbonyl (C=O) groups is 1. The minimum atomic E-state index is 0.147. The summed E-state index contributed by atoms with van der Waals surface area (Å²) in [4.78, 5) is 11.9. The van der Waals surface area contributed by atoms with E-state index in [-0.39, 0.29) is 5.78 Å². The minimum absolute atomic E-state index is 0.147. The molecule has 0 aromatic heterocycles. The SMILES string of the molecule is O=C1CCCC(O)=C1C/C1=C(\Br)CCCCCC1. The second-order valence-corrected chi connectivity index (χ2v) is 6.26. The summed E-state index contributed by atoms with van der Waals surface area (Å²) < 4.78 is 1.26. The molecule has 0 heterocycles. The summed E-state index contributed by atoms with van der Waals surface area (Å²) in [7, 11) is 0.